The van der Waals surface area contributed by atoms with Crippen LogP contribution in [0.15, 0.2) is 0 Å². The summed E-state index contributed by atoms with van der Waals surface area (Å²) in [6.45, 7) is 4.38. The van der Waals surface area contributed by atoms with Crippen molar-refractivity contribution in [2.24, 2.45) is 5.92 Å². The minimum absolute atomic E-state index is 0.315. The summed E-state index contributed by atoms with van der Waals surface area (Å²) in [6.07, 6.45) is 5.25. The third-order valence-electron chi connectivity index (χ3n) is 3.76. The fourth-order valence-corrected chi connectivity index (χ4v) is 3.17. The molecule has 1 fully saturated rings. The van der Waals surface area contributed by atoms with Crippen LogP contribution in [0.4, 0.5) is 5.82 Å². The van der Waals surface area contributed by atoms with E-state index in [2.05, 4.69) is 41.4 Å². The van der Waals surface area contributed by atoms with Crippen molar-refractivity contribution in [2.75, 3.05) is 12.8 Å². The molecule has 0 radical (unpaired) electrons. The van der Waals surface area contributed by atoms with Crippen LogP contribution in [-0.2, 0) is 16.8 Å². The van der Waals surface area contributed by atoms with Gasteiger partial charge in [0.2, 0.25) is 0 Å². The van der Waals surface area contributed by atoms with Crippen LogP contribution in [-0.4, -0.2) is 17.1 Å². The molecule has 106 valence electrons. The molecule has 1 aromatic rings. The summed E-state index contributed by atoms with van der Waals surface area (Å²) in [5.41, 5.74) is 6.81. The van der Waals surface area contributed by atoms with Crippen molar-refractivity contribution in [1.82, 2.24) is 9.97 Å². The van der Waals surface area contributed by atoms with E-state index in [1.165, 1.54) is 12.8 Å². The molecule has 5 heteroatoms. The molecule has 0 amide bonds. The number of nitrogens with two attached hydrogens (primary N) is 1. The molecule has 1 aromatic heterocycles. The van der Waals surface area contributed by atoms with Gasteiger partial charge in [-0.2, -0.15) is 0 Å². The molecule has 0 atom stereocenters. The van der Waals surface area contributed by atoms with E-state index in [0.717, 1.165) is 34.4 Å². The quantitative estimate of drug-likeness (QED) is 0.821. The van der Waals surface area contributed by atoms with Crippen molar-refractivity contribution >= 4 is 28.4 Å². The summed E-state index contributed by atoms with van der Waals surface area (Å²) < 4.78 is 6.74. The van der Waals surface area contributed by atoms with Crippen LogP contribution in [0.1, 0.15) is 51.0 Å². The fourth-order valence-electron chi connectivity index (χ4n) is 2.70. The van der Waals surface area contributed by atoms with Crippen molar-refractivity contribution in [3.8, 4) is 0 Å². The van der Waals surface area contributed by atoms with Crippen LogP contribution < -0.4 is 5.73 Å². The van der Waals surface area contributed by atoms with Gasteiger partial charge < -0.3 is 10.5 Å². The van der Waals surface area contributed by atoms with Gasteiger partial charge in [-0.25, -0.2) is 9.97 Å². The van der Waals surface area contributed by atoms with E-state index in [0.29, 0.717) is 11.7 Å². The van der Waals surface area contributed by atoms with E-state index >= 15 is 0 Å². The van der Waals surface area contributed by atoms with Gasteiger partial charge in [0.25, 0.3) is 0 Å². The van der Waals surface area contributed by atoms with Gasteiger partial charge in [-0.3, -0.25) is 0 Å². The molecule has 1 saturated carbocycles. The number of hydrogen-bond donors (Lipinski definition) is 1. The lowest BCUT2D eigenvalue weighted by atomic mass is 10.00. The molecule has 0 aliphatic heterocycles. The van der Waals surface area contributed by atoms with Crippen LogP contribution in [0.25, 0.3) is 0 Å². The highest BCUT2D eigenvalue weighted by molar-refractivity contribution is 14.1. The summed E-state index contributed by atoms with van der Waals surface area (Å²) in [5.74, 6) is 1.92. The Morgan fingerprint density at radius 2 is 1.95 bits per heavy atom. The number of ether oxygens (including phenoxy) is 1. The average molecular weight is 375 g/mol. The second-order valence-corrected chi connectivity index (χ2v) is 6.78. The Hall–Kier alpha value is -0.430. The van der Waals surface area contributed by atoms with Crippen molar-refractivity contribution in [1.29, 1.82) is 0 Å². The SMILES string of the molecule is COC1(c2nc(N)c(I)c(CC(C)C)n2)CCCC1. The van der Waals surface area contributed by atoms with Crippen LogP contribution in [0, 0.1) is 9.49 Å². The van der Waals surface area contributed by atoms with Crippen LogP contribution in [0.3, 0.4) is 0 Å². The number of methoxy groups -OCH3 is 1. The van der Waals surface area contributed by atoms with Crippen molar-refractivity contribution in [3.05, 3.63) is 15.1 Å². The predicted molar refractivity (Wildman–Crippen MR) is 84.9 cm³/mol. The largest absolute Gasteiger partial charge is 0.383 e. The minimum Gasteiger partial charge on any atom is -0.383 e. The summed E-state index contributed by atoms with van der Waals surface area (Å²) in [7, 11) is 1.75. The van der Waals surface area contributed by atoms with E-state index in [9.17, 15) is 0 Å². The van der Waals surface area contributed by atoms with Crippen molar-refractivity contribution in [2.45, 2.75) is 51.6 Å². The van der Waals surface area contributed by atoms with Crippen molar-refractivity contribution in [3.63, 3.8) is 0 Å². The van der Waals surface area contributed by atoms with Gasteiger partial charge in [-0.1, -0.05) is 13.8 Å². The maximum Gasteiger partial charge on any atom is 0.162 e. The van der Waals surface area contributed by atoms with Crippen molar-refractivity contribution < 1.29 is 4.74 Å². The maximum atomic E-state index is 6.06. The number of nitrogens with zero attached hydrogens (tertiary/aromatic N) is 2. The molecule has 0 aromatic carbocycles. The Morgan fingerprint density at radius 3 is 2.47 bits per heavy atom. The summed E-state index contributed by atoms with van der Waals surface area (Å²) >= 11 is 2.24. The van der Waals surface area contributed by atoms with E-state index in [1.54, 1.807) is 7.11 Å². The molecule has 2 rings (SSSR count). The topological polar surface area (TPSA) is 61.0 Å². The molecule has 1 aliphatic carbocycles. The number of aromatic nitrogens is 2. The zero-order chi connectivity index (χ0) is 14.0. The lowest BCUT2D eigenvalue weighted by Crippen LogP contribution is -2.29. The Kier molecular flexibility index (Phi) is 4.66. The molecule has 0 saturated heterocycles. The van der Waals surface area contributed by atoms with E-state index in [4.69, 9.17) is 15.5 Å². The molecule has 4 nitrogen and oxygen atoms in total. The van der Waals surface area contributed by atoms with Gasteiger partial charge in [-0.15, -0.1) is 0 Å². The third-order valence-corrected chi connectivity index (χ3v) is 4.93. The second-order valence-electron chi connectivity index (χ2n) is 5.70. The number of halogens is 1. The zero-order valence-corrected chi connectivity index (χ0v) is 14.0. The average Bonchev–Trinajstić information content (AvgIpc) is 2.84. The molecule has 1 aliphatic rings. The number of hydrogen-bond acceptors (Lipinski definition) is 4. The minimum atomic E-state index is -0.315. The summed E-state index contributed by atoms with van der Waals surface area (Å²) in [5, 5.41) is 0. The monoisotopic (exact) mass is 375 g/mol. The smallest absolute Gasteiger partial charge is 0.162 e. The zero-order valence-electron chi connectivity index (χ0n) is 11.9. The van der Waals surface area contributed by atoms with Gasteiger partial charge >= 0.3 is 0 Å². The predicted octanol–water partition coefficient (Wildman–Crippen LogP) is 3.28. The second kappa shape index (κ2) is 5.91. The standard InChI is InChI=1S/C14H22IN3O/c1-9(2)8-10-11(15)12(16)18-13(17-10)14(19-3)6-4-5-7-14/h9H,4-8H2,1-3H3,(H2,16,17,18). The van der Waals surface area contributed by atoms with E-state index in [-0.39, 0.29) is 5.60 Å². The first kappa shape index (κ1) is 15.0. The molecular formula is C14H22IN3O. The van der Waals surface area contributed by atoms with Gasteiger partial charge in [-0.05, 0) is 60.6 Å². The molecule has 0 unspecified atom stereocenters. The Bertz CT molecular complexity index is 456. The van der Waals surface area contributed by atoms with Gasteiger partial charge in [0, 0.05) is 7.11 Å². The fraction of sp³-hybridized carbons (Fsp3) is 0.714. The molecule has 0 bridgehead atoms. The summed E-state index contributed by atoms with van der Waals surface area (Å²) in [6, 6.07) is 0. The first-order valence-electron chi connectivity index (χ1n) is 6.86. The highest BCUT2D eigenvalue weighted by atomic mass is 127. The van der Waals surface area contributed by atoms with E-state index < -0.39 is 0 Å². The third kappa shape index (κ3) is 3.02. The number of rotatable bonds is 4. The Balaban J connectivity index is 2.43. The van der Waals surface area contributed by atoms with Crippen LogP contribution >= 0.6 is 22.6 Å². The van der Waals surface area contributed by atoms with Gasteiger partial charge in [0.1, 0.15) is 11.4 Å². The van der Waals surface area contributed by atoms with Gasteiger partial charge in [0.05, 0.1) is 9.26 Å². The van der Waals surface area contributed by atoms with Crippen LogP contribution in [0.5, 0.6) is 0 Å². The maximum absolute atomic E-state index is 6.06. The Labute approximate surface area is 128 Å². The highest BCUT2D eigenvalue weighted by Crippen LogP contribution is 2.40. The number of anilines is 1. The lowest BCUT2D eigenvalue weighted by molar-refractivity contribution is -0.0164. The molecular weight excluding hydrogens is 353 g/mol. The highest BCUT2D eigenvalue weighted by Gasteiger charge is 2.39. The molecule has 1 heterocycles. The van der Waals surface area contributed by atoms with Crippen LogP contribution in [0.2, 0.25) is 0 Å². The summed E-state index contributed by atoms with van der Waals surface area (Å²) in [4.78, 5) is 9.27. The first-order valence-corrected chi connectivity index (χ1v) is 7.94. The molecule has 19 heavy (non-hydrogen) atoms. The Morgan fingerprint density at radius 1 is 1.32 bits per heavy atom. The number of nitrogen functional groups attached to an aromatic ring is 1. The van der Waals surface area contributed by atoms with E-state index in [1.807, 2.05) is 0 Å². The molecule has 2 N–H and O–H groups in total. The molecule has 0 spiro atoms. The first-order chi connectivity index (χ1) is 8.98. The normalized spacial score (nSPS) is 18.2. The van der Waals surface area contributed by atoms with Gasteiger partial charge in [0.15, 0.2) is 5.82 Å². The lowest BCUT2D eigenvalue weighted by Gasteiger charge is -2.26.